The van der Waals surface area contributed by atoms with E-state index < -0.39 is 0 Å². The van der Waals surface area contributed by atoms with Crippen LogP contribution in [0.2, 0.25) is 0 Å². The lowest BCUT2D eigenvalue weighted by atomic mass is 10.1. The molecule has 2 aromatic rings. The zero-order chi connectivity index (χ0) is 17.8. The minimum atomic E-state index is -0.382. The summed E-state index contributed by atoms with van der Waals surface area (Å²) >= 11 is 0. The number of hydrogen-bond donors (Lipinski definition) is 2. The van der Waals surface area contributed by atoms with E-state index in [9.17, 15) is 4.79 Å². The van der Waals surface area contributed by atoms with Crippen molar-refractivity contribution in [3.05, 3.63) is 35.5 Å². The number of rotatable bonds is 7. The van der Waals surface area contributed by atoms with E-state index in [4.69, 9.17) is 5.26 Å². The molecule has 0 spiro atoms. The lowest BCUT2D eigenvalue weighted by molar-refractivity contribution is 0.168. The molecule has 2 atom stereocenters. The van der Waals surface area contributed by atoms with Gasteiger partial charge in [0.15, 0.2) is 0 Å². The molecule has 6 heteroatoms. The van der Waals surface area contributed by atoms with Crippen molar-refractivity contribution in [3.8, 4) is 6.07 Å². The molecular formula is C19H24N4O2. The fraction of sp³-hybridized carbons (Fsp3) is 0.474. The highest BCUT2D eigenvalue weighted by Crippen LogP contribution is 2.49. The maximum atomic E-state index is 11.1. The van der Waals surface area contributed by atoms with Crippen LogP contribution in [0, 0.1) is 17.2 Å². The van der Waals surface area contributed by atoms with Crippen LogP contribution in [0.3, 0.4) is 0 Å². The third kappa shape index (κ3) is 3.94. The van der Waals surface area contributed by atoms with E-state index in [1.165, 1.54) is 24.5 Å². The third-order valence-electron chi connectivity index (χ3n) is 4.99. The number of aromatic amines is 1. The molecule has 6 nitrogen and oxygen atoms in total. The molecule has 0 aliphatic heterocycles. The quantitative estimate of drug-likeness (QED) is 0.812. The van der Waals surface area contributed by atoms with Crippen LogP contribution in [0.15, 0.2) is 24.4 Å². The Hall–Kier alpha value is -2.52. The Labute approximate surface area is 147 Å². The number of ether oxygens (including phenoxy) is 1. The van der Waals surface area contributed by atoms with Crippen molar-refractivity contribution in [2.45, 2.75) is 19.3 Å². The van der Waals surface area contributed by atoms with Crippen molar-refractivity contribution in [1.29, 1.82) is 5.26 Å². The van der Waals surface area contributed by atoms with Crippen molar-refractivity contribution < 1.29 is 9.53 Å². The van der Waals surface area contributed by atoms with E-state index in [1.54, 1.807) is 0 Å². The predicted molar refractivity (Wildman–Crippen MR) is 96.4 cm³/mol. The minimum Gasteiger partial charge on any atom is -0.453 e. The van der Waals surface area contributed by atoms with Crippen LogP contribution >= 0.6 is 0 Å². The largest absolute Gasteiger partial charge is 0.453 e. The molecule has 1 fully saturated rings. The molecule has 2 unspecified atom stereocenters. The van der Waals surface area contributed by atoms with Crippen molar-refractivity contribution in [2.24, 2.45) is 5.92 Å². The van der Waals surface area contributed by atoms with E-state index in [0.29, 0.717) is 23.9 Å². The molecule has 0 saturated heterocycles. The first kappa shape index (κ1) is 17.3. The van der Waals surface area contributed by atoms with Crippen LogP contribution in [-0.4, -0.2) is 49.3 Å². The Morgan fingerprint density at radius 3 is 3.08 bits per heavy atom. The van der Waals surface area contributed by atoms with Crippen molar-refractivity contribution >= 4 is 17.0 Å². The van der Waals surface area contributed by atoms with Gasteiger partial charge in [-0.05, 0) is 48.6 Å². The zero-order valence-electron chi connectivity index (χ0n) is 14.7. The molecule has 1 heterocycles. The van der Waals surface area contributed by atoms with Gasteiger partial charge in [-0.25, -0.2) is 4.79 Å². The highest BCUT2D eigenvalue weighted by molar-refractivity contribution is 5.85. The fourth-order valence-corrected chi connectivity index (χ4v) is 3.45. The summed E-state index contributed by atoms with van der Waals surface area (Å²) in [6.45, 7) is 5.53. The molecule has 132 valence electrons. The molecule has 3 rings (SSSR count). The van der Waals surface area contributed by atoms with Crippen LogP contribution in [0.1, 0.15) is 30.4 Å². The van der Waals surface area contributed by atoms with Crippen molar-refractivity contribution in [1.82, 2.24) is 15.2 Å². The number of alkyl carbamates (subject to hydrolysis) is 1. The van der Waals surface area contributed by atoms with Crippen LogP contribution in [0.4, 0.5) is 4.79 Å². The van der Waals surface area contributed by atoms with Gasteiger partial charge < -0.3 is 19.9 Å². The summed E-state index contributed by atoms with van der Waals surface area (Å²) in [5.74, 6) is 1.17. The van der Waals surface area contributed by atoms with Gasteiger partial charge in [0.2, 0.25) is 0 Å². The fourth-order valence-electron chi connectivity index (χ4n) is 3.45. The second kappa shape index (κ2) is 7.58. The number of amides is 1. The number of carbonyl (C=O) groups excluding carboxylic acids is 1. The van der Waals surface area contributed by atoms with E-state index in [0.717, 1.165) is 25.2 Å². The molecule has 25 heavy (non-hydrogen) atoms. The number of likely N-dealkylation sites (N-methyl/N-ethyl adjacent to an activating group) is 1. The zero-order valence-corrected chi connectivity index (χ0v) is 14.7. The molecule has 2 N–H and O–H groups in total. The smallest absolute Gasteiger partial charge is 0.406 e. The van der Waals surface area contributed by atoms with Gasteiger partial charge in [-0.1, -0.05) is 6.92 Å². The minimum absolute atomic E-state index is 0.382. The highest BCUT2D eigenvalue weighted by Gasteiger charge is 2.40. The molecule has 1 saturated carbocycles. The first-order chi connectivity index (χ1) is 12.2. The lowest BCUT2D eigenvalue weighted by Gasteiger charge is -2.20. The van der Waals surface area contributed by atoms with E-state index >= 15 is 0 Å². The van der Waals surface area contributed by atoms with Crippen LogP contribution in [0.5, 0.6) is 0 Å². The summed E-state index contributed by atoms with van der Waals surface area (Å²) in [6.07, 6.45) is 2.88. The van der Waals surface area contributed by atoms with Gasteiger partial charge in [-0.15, -0.1) is 0 Å². The molecule has 0 radical (unpaired) electrons. The Bertz CT molecular complexity index is 792. The summed E-state index contributed by atoms with van der Waals surface area (Å²) in [6, 6.07) is 8.02. The Kier molecular flexibility index (Phi) is 5.25. The standard InChI is InChI=1S/C19H24N4O2/c1-3-23(7-6-21-19(24)25-2)12-14-9-15(14)17-11-22-18-5-4-13(10-20)8-16(17)18/h4-5,8,11,14-15,22H,3,6-7,9,12H2,1-2H3,(H,21,24). The number of H-pyrrole nitrogens is 1. The van der Waals surface area contributed by atoms with Gasteiger partial charge in [0.05, 0.1) is 18.7 Å². The average molecular weight is 340 g/mol. The molecule has 1 amide bonds. The van der Waals surface area contributed by atoms with Crippen LogP contribution < -0.4 is 5.32 Å². The number of fused-ring (bicyclic) bond motifs is 1. The number of nitrogens with zero attached hydrogens (tertiary/aromatic N) is 2. The van der Waals surface area contributed by atoms with Gasteiger partial charge >= 0.3 is 6.09 Å². The average Bonchev–Trinajstić information content (AvgIpc) is 3.27. The Morgan fingerprint density at radius 2 is 2.36 bits per heavy atom. The van der Waals surface area contributed by atoms with Gasteiger partial charge in [0.1, 0.15) is 0 Å². The summed E-state index contributed by atoms with van der Waals surface area (Å²) in [5, 5.41) is 13.0. The second-order valence-electron chi connectivity index (χ2n) is 6.53. The first-order valence-corrected chi connectivity index (χ1v) is 8.71. The van der Waals surface area contributed by atoms with E-state index in [-0.39, 0.29) is 6.09 Å². The van der Waals surface area contributed by atoms with Crippen molar-refractivity contribution in [3.63, 3.8) is 0 Å². The third-order valence-corrected chi connectivity index (χ3v) is 4.99. The molecule has 0 bridgehead atoms. The summed E-state index contributed by atoms with van der Waals surface area (Å²) < 4.78 is 4.59. The predicted octanol–water partition coefficient (Wildman–Crippen LogP) is 2.82. The summed E-state index contributed by atoms with van der Waals surface area (Å²) in [7, 11) is 1.38. The Balaban J connectivity index is 1.58. The van der Waals surface area contributed by atoms with E-state index in [2.05, 4.69) is 39.1 Å². The number of carbonyl (C=O) groups is 1. The van der Waals surface area contributed by atoms with Crippen LogP contribution in [0.25, 0.3) is 10.9 Å². The number of benzene rings is 1. The topological polar surface area (TPSA) is 81.2 Å². The second-order valence-corrected chi connectivity index (χ2v) is 6.53. The van der Waals surface area contributed by atoms with E-state index in [1.807, 2.05) is 18.2 Å². The van der Waals surface area contributed by atoms with Gasteiger partial charge in [-0.2, -0.15) is 5.26 Å². The molecule has 1 aliphatic rings. The normalized spacial score (nSPS) is 19.0. The van der Waals surface area contributed by atoms with Gasteiger partial charge in [0.25, 0.3) is 0 Å². The SMILES string of the molecule is CCN(CCNC(=O)OC)CC1CC1c1c[nH]c2ccc(C#N)cc12. The summed E-state index contributed by atoms with van der Waals surface area (Å²) in [5.41, 5.74) is 3.12. The molecule has 1 aromatic carbocycles. The molecular weight excluding hydrogens is 316 g/mol. The number of methoxy groups -OCH3 is 1. The van der Waals surface area contributed by atoms with Crippen molar-refractivity contribution in [2.75, 3.05) is 33.3 Å². The molecule has 1 aromatic heterocycles. The first-order valence-electron chi connectivity index (χ1n) is 8.71. The van der Waals surface area contributed by atoms with Gasteiger partial charge in [-0.3, -0.25) is 0 Å². The van der Waals surface area contributed by atoms with Crippen LogP contribution in [-0.2, 0) is 4.74 Å². The van der Waals surface area contributed by atoms with Gasteiger partial charge in [0, 0.05) is 36.7 Å². The summed E-state index contributed by atoms with van der Waals surface area (Å²) in [4.78, 5) is 16.8. The number of hydrogen-bond acceptors (Lipinski definition) is 4. The number of aromatic nitrogens is 1. The number of nitrogens with one attached hydrogen (secondary N) is 2. The Morgan fingerprint density at radius 1 is 1.52 bits per heavy atom. The lowest BCUT2D eigenvalue weighted by Crippen LogP contribution is -2.36. The molecule has 1 aliphatic carbocycles. The maximum absolute atomic E-state index is 11.1. The maximum Gasteiger partial charge on any atom is 0.406 e. The number of nitriles is 1. The highest BCUT2D eigenvalue weighted by atomic mass is 16.5. The monoisotopic (exact) mass is 340 g/mol.